The summed E-state index contributed by atoms with van der Waals surface area (Å²) in [6.07, 6.45) is 2.82. The number of hydrogen-bond acceptors (Lipinski definition) is 5. The van der Waals surface area contributed by atoms with E-state index in [1.807, 2.05) is 30.3 Å². The van der Waals surface area contributed by atoms with E-state index in [2.05, 4.69) is 10.3 Å². The molecule has 1 fully saturated rings. The Kier molecular flexibility index (Phi) is 5.23. The van der Waals surface area contributed by atoms with Crippen LogP contribution in [0.4, 0.5) is 5.69 Å². The van der Waals surface area contributed by atoms with Crippen LogP contribution in [-0.4, -0.2) is 21.9 Å². The molecule has 0 aliphatic carbocycles. The number of carbonyl (C=O) groups is 2. The zero-order valence-electron chi connectivity index (χ0n) is 15.5. The van der Waals surface area contributed by atoms with Crippen LogP contribution in [0.15, 0.2) is 83.3 Å². The first-order valence-electron chi connectivity index (χ1n) is 8.94. The van der Waals surface area contributed by atoms with Crippen molar-refractivity contribution in [2.24, 2.45) is 0 Å². The monoisotopic (exact) mass is 417 g/mol. The Morgan fingerprint density at radius 3 is 2.23 bits per heavy atom. The molecule has 1 aliphatic rings. The molecule has 2 heterocycles. The first-order chi connectivity index (χ1) is 14.5. The Labute approximate surface area is 176 Å². The lowest BCUT2D eigenvalue weighted by Crippen LogP contribution is -2.54. The third-order valence-electron chi connectivity index (χ3n) is 4.29. The van der Waals surface area contributed by atoms with Crippen molar-refractivity contribution >= 4 is 40.9 Å². The van der Waals surface area contributed by atoms with Gasteiger partial charge in [-0.05, 0) is 66.3 Å². The molecule has 0 bridgehead atoms. The van der Waals surface area contributed by atoms with E-state index >= 15 is 0 Å². The van der Waals surface area contributed by atoms with E-state index in [0.717, 1.165) is 0 Å². The maximum atomic E-state index is 13.0. The summed E-state index contributed by atoms with van der Waals surface area (Å²) in [5.41, 5.74) is 0.614. The number of benzene rings is 2. The molecule has 0 atom stereocenters. The fourth-order valence-electron chi connectivity index (χ4n) is 2.86. The molecular weight excluding hydrogens is 402 g/mol. The number of aromatic nitrogens is 1. The number of hydrogen-bond donors (Lipinski definition) is 2. The second-order valence-electron chi connectivity index (χ2n) is 6.35. The molecule has 0 spiro atoms. The summed E-state index contributed by atoms with van der Waals surface area (Å²) in [4.78, 5) is 40.3. The van der Waals surface area contributed by atoms with Crippen molar-refractivity contribution in [3.05, 3.63) is 94.4 Å². The van der Waals surface area contributed by atoms with E-state index in [0.29, 0.717) is 22.7 Å². The lowest BCUT2D eigenvalue weighted by molar-refractivity contribution is -0.122. The number of anilines is 1. The fraction of sp³-hybridized carbons (Fsp3) is 0. The van der Waals surface area contributed by atoms with Gasteiger partial charge in [0, 0.05) is 12.3 Å². The molecule has 30 heavy (non-hydrogen) atoms. The van der Waals surface area contributed by atoms with Gasteiger partial charge in [-0.3, -0.25) is 24.6 Å². The second-order valence-corrected chi connectivity index (χ2v) is 6.74. The first-order valence-corrected chi connectivity index (χ1v) is 9.35. The third kappa shape index (κ3) is 4.03. The third-order valence-corrected chi connectivity index (χ3v) is 4.58. The molecule has 0 saturated carbocycles. The number of amides is 2. The van der Waals surface area contributed by atoms with E-state index in [9.17, 15) is 14.4 Å². The molecule has 0 radical (unpaired) electrons. The lowest BCUT2D eigenvalue weighted by atomic mass is 10.1. The molecule has 2 aromatic carbocycles. The Hall–Kier alpha value is -4.04. The minimum atomic E-state index is -0.600. The Morgan fingerprint density at radius 2 is 1.57 bits per heavy atom. The van der Waals surface area contributed by atoms with Gasteiger partial charge in [0.1, 0.15) is 17.1 Å². The highest BCUT2D eigenvalue weighted by Gasteiger charge is 2.34. The number of nitrogens with one attached hydrogen (secondary N) is 2. The fourth-order valence-corrected chi connectivity index (χ4v) is 3.14. The molecule has 1 saturated heterocycles. The van der Waals surface area contributed by atoms with E-state index in [1.165, 1.54) is 29.3 Å². The molecular formula is C22H15N3O4S. The molecule has 3 aromatic rings. The highest BCUT2D eigenvalue weighted by Crippen LogP contribution is 2.26. The maximum absolute atomic E-state index is 13.0. The smallest absolute Gasteiger partial charge is 0.270 e. The van der Waals surface area contributed by atoms with Crippen LogP contribution in [0.3, 0.4) is 0 Å². The Bertz CT molecular complexity index is 1200. The summed E-state index contributed by atoms with van der Waals surface area (Å²) >= 11 is 5.20. The predicted molar refractivity (Wildman–Crippen MR) is 116 cm³/mol. The van der Waals surface area contributed by atoms with Gasteiger partial charge in [-0.2, -0.15) is 0 Å². The van der Waals surface area contributed by atoms with Gasteiger partial charge in [-0.25, -0.2) is 0 Å². The van der Waals surface area contributed by atoms with E-state index in [4.69, 9.17) is 17.0 Å². The van der Waals surface area contributed by atoms with Crippen LogP contribution >= 0.6 is 12.2 Å². The number of rotatable bonds is 4. The number of carbonyl (C=O) groups excluding carboxylic acids is 2. The second kappa shape index (κ2) is 8.14. The van der Waals surface area contributed by atoms with Crippen LogP contribution in [0.25, 0.3) is 6.08 Å². The number of thiocarbonyl (C=S) groups is 1. The number of ether oxygens (including phenoxy) is 1. The van der Waals surface area contributed by atoms with Crippen molar-refractivity contribution in [2.75, 3.05) is 4.90 Å². The molecule has 1 aliphatic heterocycles. The van der Waals surface area contributed by atoms with E-state index < -0.39 is 11.8 Å². The van der Waals surface area contributed by atoms with Crippen LogP contribution in [0.2, 0.25) is 0 Å². The summed E-state index contributed by atoms with van der Waals surface area (Å²) in [5.74, 6) is 0.115. The average molecular weight is 417 g/mol. The van der Waals surface area contributed by atoms with E-state index in [-0.39, 0.29) is 16.2 Å². The summed E-state index contributed by atoms with van der Waals surface area (Å²) in [7, 11) is 0. The first kappa shape index (κ1) is 19.3. The lowest BCUT2D eigenvalue weighted by Gasteiger charge is -2.29. The van der Waals surface area contributed by atoms with Gasteiger partial charge in [0.2, 0.25) is 5.56 Å². The topological polar surface area (TPSA) is 91.5 Å². The Morgan fingerprint density at radius 1 is 0.867 bits per heavy atom. The van der Waals surface area contributed by atoms with Crippen LogP contribution in [0, 0.1) is 0 Å². The van der Waals surface area contributed by atoms with Crippen molar-refractivity contribution < 1.29 is 14.3 Å². The molecule has 1 aromatic heterocycles. The molecule has 7 nitrogen and oxygen atoms in total. The maximum Gasteiger partial charge on any atom is 0.270 e. The number of H-pyrrole nitrogens is 1. The van der Waals surface area contributed by atoms with Crippen LogP contribution < -0.4 is 20.5 Å². The predicted octanol–water partition coefficient (Wildman–Crippen LogP) is 3.00. The number of nitrogens with zero attached hydrogens (tertiary/aromatic N) is 1. The molecule has 0 unspecified atom stereocenters. The number of aromatic amines is 1. The average Bonchev–Trinajstić information content (AvgIpc) is 2.74. The SMILES string of the molecule is O=C1NC(=S)N(c2ccc(Oc3ccccc3)cc2)C(=O)/C1=C/c1ccc(=O)[nH]c1. The van der Waals surface area contributed by atoms with Crippen molar-refractivity contribution in [3.63, 3.8) is 0 Å². The van der Waals surface area contributed by atoms with Gasteiger partial charge in [0.15, 0.2) is 5.11 Å². The minimum Gasteiger partial charge on any atom is -0.457 e. The van der Waals surface area contributed by atoms with Crippen molar-refractivity contribution in [1.29, 1.82) is 0 Å². The largest absolute Gasteiger partial charge is 0.457 e. The quantitative estimate of drug-likeness (QED) is 0.387. The van der Waals surface area contributed by atoms with Crippen LogP contribution in [0.1, 0.15) is 5.56 Å². The van der Waals surface area contributed by atoms with Gasteiger partial charge in [-0.15, -0.1) is 0 Å². The molecule has 2 amide bonds. The van der Waals surface area contributed by atoms with Crippen LogP contribution in [-0.2, 0) is 9.59 Å². The number of pyridine rings is 1. The summed E-state index contributed by atoms with van der Waals surface area (Å²) < 4.78 is 5.75. The Balaban J connectivity index is 1.60. The van der Waals surface area contributed by atoms with E-state index in [1.54, 1.807) is 24.3 Å². The molecule has 8 heteroatoms. The standard InChI is InChI=1S/C22H15N3O4S/c26-19-11-6-14(13-23-19)12-18-20(27)24-22(30)25(21(18)28)15-7-9-17(10-8-15)29-16-4-2-1-3-5-16/h1-13H,(H,23,26)(H,24,27,30)/b18-12+. The highest BCUT2D eigenvalue weighted by molar-refractivity contribution is 7.80. The zero-order chi connectivity index (χ0) is 21.1. The van der Waals surface area contributed by atoms with Gasteiger partial charge < -0.3 is 9.72 Å². The number of para-hydroxylation sites is 1. The molecule has 148 valence electrons. The van der Waals surface area contributed by atoms with Crippen molar-refractivity contribution in [1.82, 2.24) is 10.3 Å². The van der Waals surface area contributed by atoms with Gasteiger partial charge in [0.05, 0.1) is 5.69 Å². The van der Waals surface area contributed by atoms with Crippen molar-refractivity contribution in [2.45, 2.75) is 0 Å². The molecule has 2 N–H and O–H groups in total. The molecule has 4 rings (SSSR count). The zero-order valence-corrected chi connectivity index (χ0v) is 16.3. The summed E-state index contributed by atoms with van der Waals surface area (Å²) in [6.45, 7) is 0. The van der Waals surface area contributed by atoms with Crippen LogP contribution in [0.5, 0.6) is 11.5 Å². The van der Waals surface area contributed by atoms with Crippen molar-refractivity contribution in [3.8, 4) is 11.5 Å². The van der Waals surface area contributed by atoms with Gasteiger partial charge in [-0.1, -0.05) is 18.2 Å². The highest BCUT2D eigenvalue weighted by atomic mass is 32.1. The minimum absolute atomic E-state index is 0.0136. The normalized spacial score (nSPS) is 15.3. The van der Waals surface area contributed by atoms with Gasteiger partial charge in [0.25, 0.3) is 11.8 Å². The summed E-state index contributed by atoms with van der Waals surface area (Å²) in [5, 5.41) is 2.51. The summed E-state index contributed by atoms with van der Waals surface area (Å²) in [6, 6.07) is 18.9. The van der Waals surface area contributed by atoms with Gasteiger partial charge >= 0.3 is 0 Å².